The van der Waals surface area contributed by atoms with E-state index in [0.29, 0.717) is 23.6 Å². The molecule has 0 radical (unpaired) electrons. The maximum absolute atomic E-state index is 13.8. The van der Waals surface area contributed by atoms with Gasteiger partial charge in [0.05, 0.1) is 5.56 Å². The monoisotopic (exact) mass is 406 g/mol. The van der Waals surface area contributed by atoms with Crippen molar-refractivity contribution in [1.29, 1.82) is 0 Å². The van der Waals surface area contributed by atoms with Gasteiger partial charge in [0.15, 0.2) is 0 Å². The zero-order valence-corrected chi connectivity index (χ0v) is 17.6. The van der Waals surface area contributed by atoms with Gasteiger partial charge in [-0.25, -0.2) is 0 Å². The van der Waals surface area contributed by atoms with Gasteiger partial charge in [0.2, 0.25) is 5.91 Å². The highest BCUT2D eigenvalue weighted by molar-refractivity contribution is 6.01. The number of benzene rings is 2. The lowest BCUT2D eigenvalue weighted by Crippen LogP contribution is -2.50. The van der Waals surface area contributed by atoms with Gasteiger partial charge in [-0.1, -0.05) is 62.9 Å². The first-order valence-electron chi connectivity index (χ1n) is 11.2. The molecule has 1 fully saturated rings. The van der Waals surface area contributed by atoms with Crippen LogP contribution in [0, 0.1) is 0 Å². The van der Waals surface area contributed by atoms with Crippen molar-refractivity contribution < 1.29 is 14.3 Å². The summed E-state index contributed by atoms with van der Waals surface area (Å²) in [7, 11) is 0. The highest BCUT2D eigenvalue weighted by atomic mass is 16.5. The molecule has 1 atom stereocenters. The Balaban J connectivity index is 1.83. The van der Waals surface area contributed by atoms with E-state index in [4.69, 9.17) is 4.74 Å². The molecule has 1 unspecified atom stereocenters. The van der Waals surface area contributed by atoms with E-state index >= 15 is 0 Å². The van der Waals surface area contributed by atoms with Crippen molar-refractivity contribution in [3.63, 3.8) is 0 Å². The smallest absolute Gasteiger partial charge is 0.258 e. The van der Waals surface area contributed by atoms with E-state index in [0.717, 1.165) is 44.1 Å². The molecule has 2 amide bonds. The highest BCUT2D eigenvalue weighted by Gasteiger charge is 2.40. The summed E-state index contributed by atoms with van der Waals surface area (Å²) in [5, 5.41) is 3.07. The molecule has 158 valence electrons. The summed E-state index contributed by atoms with van der Waals surface area (Å²) in [4.78, 5) is 29.1. The topological polar surface area (TPSA) is 58.6 Å². The lowest BCUT2D eigenvalue weighted by atomic mass is 9.90. The van der Waals surface area contributed by atoms with Gasteiger partial charge >= 0.3 is 0 Å². The molecule has 2 aliphatic rings. The van der Waals surface area contributed by atoms with Gasteiger partial charge in [-0.05, 0) is 37.5 Å². The first-order chi connectivity index (χ1) is 14.7. The Morgan fingerprint density at radius 3 is 2.50 bits per heavy atom. The molecule has 1 heterocycles. The Morgan fingerprint density at radius 2 is 1.73 bits per heavy atom. The number of rotatable bonds is 5. The van der Waals surface area contributed by atoms with Crippen LogP contribution in [-0.2, 0) is 4.79 Å². The van der Waals surface area contributed by atoms with Gasteiger partial charge in [-0.3, -0.25) is 9.59 Å². The molecule has 0 aromatic heterocycles. The fourth-order valence-electron chi connectivity index (χ4n) is 4.54. The largest absolute Gasteiger partial charge is 0.456 e. The van der Waals surface area contributed by atoms with Crippen molar-refractivity contribution in [3.05, 3.63) is 59.7 Å². The standard InChI is InChI=1S/C25H30N2O3/c1-2-3-17-26-24(28)23-19-13-7-9-15-21(19)30-22-16-10-8-14-20(22)25(29)27(23)18-11-5-4-6-12-18/h7-10,13-16,18,23H,2-6,11-12,17H2,1H3,(H,26,28). The van der Waals surface area contributed by atoms with Crippen molar-refractivity contribution in [2.75, 3.05) is 6.54 Å². The van der Waals surface area contributed by atoms with Gasteiger partial charge in [0, 0.05) is 18.2 Å². The Kier molecular flexibility index (Phi) is 6.36. The molecule has 2 aromatic carbocycles. The quantitative estimate of drug-likeness (QED) is 0.692. The molecular weight excluding hydrogens is 376 g/mol. The predicted octanol–water partition coefficient (Wildman–Crippen LogP) is 5.22. The summed E-state index contributed by atoms with van der Waals surface area (Å²) < 4.78 is 6.17. The summed E-state index contributed by atoms with van der Waals surface area (Å²) in [6.45, 7) is 2.71. The maximum Gasteiger partial charge on any atom is 0.258 e. The molecule has 30 heavy (non-hydrogen) atoms. The molecule has 1 aliphatic carbocycles. The molecule has 1 N–H and O–H groups in total. The van der Waals surface area contributed by atoms with Crippen LogP contribution in [0.3, 0.4) is 0 Å². The molecule has 1 saturated carbocycles. The minimum atomic E-state index is -0.693. The number of hydrogen-bond donors (Lipinski definition) is 1. The molecule has 2 aromatic rings. The first-order valence-corrected chi connectivity index (χ1v) is 11.2. The number of amides is 2. The summed E-state index contributed by atoms with van der Waals surface area (Å²) in [6, 6.07) is 14.3. The number of carbonyl (C=O) groups is 2. The summed E-state index contributed by atoms with van der Waals surface area (Å²) in [5.74, 6) is 0.926. The third kappa shape index (κ3) is 4.07. The van der Waals surface area contributed by atoms with Crippen LogP contribution in [0.4, 0.5) is 0 Å². The lowest BCUT2D eigenvalue weighted by molar-refractivity contribution is -0.127. The zero-order chi connectivity index (χ0) is 20.9. The Hall–Kier alpha value is -2.82. The van der Waals surface area contributed by atoms with Crippen molar-refractivity contribution in [3.8, 4) is 11.5 Å². The second kappa shape index (κ2) is 9.33. The van der Waals surface area contributed by atoms with E-state index in [2.05, 4.69) is 12.2 Å². The Bertz CT molecular complexity index is 905. The van der Waals surface area contributed by atoms with Crippen LogP contribution in [0.2, 0.25) is 0 Å². The minimum absolute atomic E-state index is 0.0485. The van der Waals surface area contributed by atoms with Crippen molar-refractivity contribution in [1.82, 2.24) is 10.2 Å². The van der Waals surface area contributed by atoms with Gasteiger partial charge in [0.1, 0.15) is 17.5 Å². The molecule has 0 spiro atoms. The van der Waals surface area contributed by atoms with Gasteiger partial charge in [-0.2, -0.15) is 0 Å². The summed E-state index contributed by atoms with van der Waals surface area (Å²) in [6.07, 6.45) is 7.12. The number of nitrogens with one attached hydrogen (secondary N) is 1. The van der Waals surface area contributed by atoms with E-state index in [1.54, 1.807) is 6.07 Å². The third-order valence-electron chi connectivity index (χ3n) is 6.11. The fraction of sp³-hybridized carbons (Fsp3) is 0.440. The first kappa shape index (κ1) is 20.5. The highest BCUT2D eigenvalue weighted by Crippen LogP contribution is 2.41. The van der Waals surface area contributed by atoms with Crippen LogP contribution in [0.25, 0.3) is 0 Å². The van der Waals surface area contributed by atoms with E-state index in [-0.39, 0.29) is 17.9 Å². The average Bonchev–Trinajstić information content (AvgIpc) is 2.78. The number of para-hydroxylation sites is 2. The van der Waals surface area contributed by atoms with Crippen molar-refractivity contribution in [2.45, 2.75) is 64.0 Å². The summed E-state index contributed by atoms with van der Waals surface area (Å²) >= 11 is 0. The van der Waals surface area contributed by atoms with Crippen molar-refractivity contribution in [2.24, 2.45) is 0 Å². The molecule has 5 nitrogen and oxygen atoms in total. The average molecular weight is 407 g/mol. The number of unbranched alkanes of at least 4 members (excludes halogenated alkanes) is 1. The zero-order valence-electron chi connectivity index (χ0n) is 17.6. The third-order valence-corrected chi connectivity index (χ3v) is 6.11. The maximum atomic E-state index is 13.8. The number of hydrogen-bond acceptors (Lipinski definition) is 3. The van der Waals surface area contributed by atoms with Gasteiger partial charge < -0.3 is 15.0 Å². The molecular formula is C25H30N2O3. The van der Waals surface area contributed by atoms with Crippen LogP contribution in [0.15, 0.2) is 48.5 Å². The number of ether oxygens (including phenoxy) is 1. The molecule has 1 aliphatic heterocycles. The predicted molar refractivity (Wildman–Crippen MR) is 117 cm³/mol. The molecule has 0 saturated heterocycles. The van der Waals surface area contributed by atoms with Crippen LogP contribution < -0.4 is 10.1 Å². The lowest BCUT2D eigenvalue weighted by Gasteiger charge is -2.41. The van der Waals surface area contributed by atoms with Gasteiger partial charge in [-0.15, -0.1) is 0 Å². The second-order valence-electron chi connectivity index (χ2n) is 8.19. The molecule has 5 heteroatoms. The van der Waals surface area contributed by atoms with Crippen LogP contribution >= 0.6 is 0 Å². The number of nitrogens with zero attached hydrogens (tertiary/aromatic N) is 1. The summed E-state index contributed by atoms with van der Waals surface area (Å²) in [5.41, 5.74) is 1.27. The normalized spacial score (nSPS) is 19.2. The Labute approximate surface area is 178 Å². The van der Waals surface area contributed by atoms with E-state index in [1.807, 2.05) is 47.4 Å². The fourth-order valence-corrected chi connectivity index (χ4v) is 4.54. The second-order valence-corrected chi connectivity index (χ2v) is 8.19. The molecule has 0 bridgehead atoms. The molecule has 4 rings (SSSR count). The Morgan fingerprint density at radius 1 is 1.03 bits per heavy atom. The van der Waals surface area contributed by atoms with Crippen LogP contribution in [0.1, 0.15) is 73.8 Å². The number of fused-ring (bicyclic) bond motifs is 2. The SMILES string of the molecule is CCCCNC(=O)C1c2ccccc2Oc2ccccc2C(=O)N1C1CCCCC1. The minimum Gasteiger partial charge on any atom is -0.456 e. The van der Waals surface area contributed by atoms with E-state index in [9.17, 15) is 9.59 Å². The number of carbonyl (C=O) groups excluding carboxylic acids is 2. The van der Waals surface area contributed by atoms with Gasteiger partial charge in [0.25, 0.3) is 5.91 Å². The van der Waals surface area contributed by atoms with Crippen molar-refractivity contribution >= 4 is 11.8 Å². The van der Waals surface area contributed by atoms with Crippen LogP contribution in [0.5, 0.6) is 11.5 Å². The van der Waals surface area contributed by atoms with E-state index in [1.165, 1.54) is 6.42 Å². The van der Waals surface area contributed by atoms with Crippen LogP contribution in [-0.4, -0.2) is 29.3 Å². The van der Waals surface area contributed by atoms with E-state index < -0.39 is 6.04 Å².